The summed E-state index contributed by atoms with van der Waals surface area (Å²) < 4.78 is 6.55. The first kappa shape index (κ1) is 12.4. The predicted octanol–water partition coefficient (Wildman–Crippen LogP) is 2.39. The minimum absolute atomic E-state index is 0.287. The Balaban J connectivity index is 1.71. The Bertz CT molecular complexity index is 761. The lowest BCUT2D eigenvalue weighted by atomic mass is 10.4. The standard InChI is InChI=1S/C11H7N5O3S/c17-16(18)9-3-2-8(19-9)4-7-20-11-13-10-12-5-1-6-15(10)14-11/h1-7H/b7-4+. The van der Waals surface area contributed by atoms with Gasteiger partial charge in [-0.25, -0.2) is 9.50 Å². The van der Waals surface area contributed by atoms with Crippen molar-refractivity contribution in [1.29, 1.82) is 0 Å². The molecule has 3 heterocycles. The fourth-order valence-corrected chi connectivity index (χ4v) is 2.05. The summed E-state index contributed by atoms with van der Waals surface area (Å²) in [7, 11) is 0. The summed E-state index contributed by atoms with van der Waals surface area (Å²) in [4.78, 5) is 18.1. The molecule has 0 fully saturated rings. The summed E-state index contributed by atoms with van der Waals surface area (Å²) >= 11 is 1.27. The molecular formula is C11H7N5O3S. The van der Waals surface area contributed by atoms with Crippen LogP contribution in [0.15, 0.2) is 45.6 Å². The van der Waals surface area contributed by atoms with E-state index >= 15 is 0 Å². The van der Waals surface area contributed by atoms with Crippen molar-refractivity contribution < 1.29 is 9.34 Å². The summed E-state index contributed by atoms with van der Waals surface area (Å²) in [5.74, 6) is 0.618. The summed E-state index contributed by atoms with van der Waals surface area (Å²) in [5.41, 5.74) is 0. The van der Waals surface area contributed by atoms with Gasteiger partial charge in [-0.3, -0.25) is 10.1 Å². The topological polar surface area (TPSA) is 99.4 Å². The highest BCUT2D eigenvalue weighted by Crippen LogP contribution is 2.20. The van der Waals surface area contributed by atoms with Gasteiger partial charge in [-0.2, -0.15) is 4.98 Å². The molecule has 9 heteroatoms. The molecule has 0 aliphatic rings. The monoisotopic (exact) mass is 289 g/mol. The van der Waals surface area contributed by atoms with E-state index in [-0.39, 0.29) is 5.88 Å². The van der Waals surface area contributed by atoms with Gasteiger partial charge < -0.3 is 4.42 Å². The molecule has 3 aromatic heterocycles. The lowest BCUT2D eigenvalue weighted by Gasteiger charge is -1.85. The molecule has 0 N–H and O–H groups in total. The third kappa shape index (κ3) is 2.52. The van der Waals surface area contributed by atoms with Crippen LogP contribution < -0.4 is 0 Å². The maximum absolute atomic E-state index is 10.5. The number of furan rings is 1. The Hall–Kier alpha value is -2.68. The largest absolute Gasteiger partial charge is 0.433 e. The molecule has 0 aliphatic carbocycles. The molecule has 20 heavy (non-hydrogen) atoms. The number of thioether (sulfide) groups is 1. The van der Waals surface area contributed by atoms with E-state index < -0.39 is 4.92 Å². The molecule has 3 rings (SSSR count). The number of fused-ring (bicyclic) bond motifs is 1. The van der Waals surface area contributed by atoms with E-state index in [1.807, 2.05) is 0 Å². The zero-order chi connectivity index (χ0) is 13.9. The normalized spacial score (nSPS) is 11.4. The lowest BCUT2D eigenvalue weighted by Crippen LogP contribution is -1.86. The van der Waals surface area contributed by atoms with Crippen LogP contribution in [0.3, 0.4) is 0 Å². The molecular weight excluding hydrogens is 282 g/mol. The SMILES string of the molecule is O=[N+]([O-])c1ccc(/C=C/Sc2nc3ncccn3n2)o1. The van der Waals surface area contributed by atoms with Gasteiger partial charge >= 0.3 is 5.88 Å². The molecule has 0 amide bonds. The van der Waals surface area contributed by atoms with Gasteiger partial charge in [0.1, 0.15) is 10.7 Å². The van der Waals surface area contributed by atoms with E-state index in [1.54, 1.807) is 34.5 Å². The van der Waals surface area contributed by atoms with E-state index in [9.17, 15) is 10.1 Å². The number of hydrogen-bond acceptors (Lipinski definition) is 7. The molecule has 3 aromatic rings. The summed E-state index contributed by atoms with van der Waals surface area (Å²) in [6, 6.07) is 4.58. The van der Waals surface area contributed by atoms with Crippen molar-refractivity contribution in [3.05, 3.63) is 51.9 Å². The first-order valence-corrected chi connectivity index (χ1v) is 6.35. The molecule has 0 spiro atoms. The highest BCUT2D eigenvalue weighted by atomic mass is 32.2. The summed E-state index contributed by atoms with van der Waals surface area (Å²) in [6.45, 7) is 0. The van der Waals surface area contributed by atoms with Crippen LogP contribution in [0.25, 0.3) is 11.9 Å². The van der Waals surface area contributed by atoms with Crippen molar-refractivity contribution in [1.82, 2.24) is 19.6 Å². The quantitative estimate of drug-likeness (QED) is 0.413. The van der Waals surface area contributed by atoms with Crippen molar-refractivity contribution in [2.75, 3.05) is 0 Å². The van der Waals surface area contributed by atoms with Crippen LogP contribution >= 0.6 is 11.8 Å². The number of hydrogen-bond donors (Lipinski definition) is 0. The Morgan fingerprint density at radius 2 is 2.35 bits per heavy atom. The Kier molecular flexibility index (Phi) is 3.17. The fraction of sp³-hybridized carbons (Fsp3) is 0. The van der Waals surface area contributed by atoms with Gasteiger partial charge in [0.25, 0.3) is 5.78 Å². The van der Waals surface area contributed by atoms with Gasteiger partial charge in [0.15, 0.2) is 0 Å². The van der Waals surface area contributed by atoms with Crippen molar-refractivity contribution >= 4 is 29.5 Å². The van der Waals surface area contributed by atoms with Crippen LogP contribution in [0.1, 0.15) is 5.76 Å². The number of aromatic nitrogens is 4. The van der Waals surface area contributed by atoms with Gasteiger partial charge in [0.2, 0.25) is 5.16 Å². The zero-order valence-corrected chi connectivity index (χ0v) is 10.7. The second kappa shape index (κ2) is 5.13. The summed E-state index contributed by atoms with van der Waals surface area (Å²) in [6.07, 6.45) is 4.99. The second-order valence-electron chi connectivity index (χ2n) is 3.61. The third-order valence-corrected chi connectivity index (χ3v) is 2.95. The average Bonchev–Trinajstić information content (AvgIpc) is 3.04. The van der Waals surface area contributed by atoms with Crippen LogP contribution in [-0.4, -0.2) is 24.5 Å². The minimum Gasteiger partial charge on any atom is -0.401 e. The van der Waals surface area contributed by atoms with Gasteiger partial charge in [-0.15, -0.1) is 5.10 Å². The second-order valence-corrected chi connectivity index (χ2v) is 4.49. The van der Waals surface area contributed by atoms with E-state index in [1.165, 1.54) is 23.9 Å². The van der Waals surface area contributed by atoms with E-state index in [2.05, 4.69) is 15.1 Å². The molecule has 0 atom stereocenters. The molecule has 0 unspecified atom stereocenters. The van der Waals surface area contributed by atoms with Crippen LogP contribution in [0, 0.1) is 10.1 Å². The highest BCUT2D eigenvalue weighted by molar-refractivity contribution is 8.02. The van der Waals surface area contributed by atoms with Crippen LogP contribution in [-0.2, 0) is 0 Å². The average molecular weight is 289 g/mol. The number of rotatable bonds is 4. The highest BCUT2D eigenvalue weighted by Gasteiger charge is 2.09. The van der Waals surface area contributed by atoms with Gasteiger partial charge in [0, 0.05) is 12.4 Å². The van der Waals surface area contributed by atoms with Crippen molar-refractivity contribution in [3.8, 4) is 0 Å². The maximum Gasteiger partial charge on any atom is 0.433 e. The molecule has 0 radical (unpaired) electrons. The minimum atomic E-state index is -0.584. The number of nitro groups is 1. The predicted molar refractivity (Wildman–Crippen MR) is 71.0 cm³/mol. The Morgan fingerprint density at radius 3 is 3.10 bits per heavy atom. The Labute approximate surface area is 116 Å². The first-order chi connectivity index (χ1) is 9.72. The Morgan fingerprint density at radius 1 is 1.45 bits per heavy atom. The molecule has 0 bridgehead atoms. The van der Waals surface area contributed by atoms with E-state index in [0.717, 1.165) is 0 Å². The summed E-state index contributed by atoms with van der Waals surface area (Å²) in [5, 5.41) is 16.9. The smallest absolute Gasteiger partial charge is 0.401 e. The molecule has 8 nitrogen and oxygen atoms in total. The lowest BCUT2D eigenvalue weighted by molar-refractivity contribution is -0.402. The van der Waals surface area contributed by atoms with Crippen LogP contribution in [0.4, 0.5) is 5.88 Å². The first-order valence-electron chi connectivity index (χ1n) is 5.47. The van der Waals surface area contributed by atoms with Gasteiger partial charge in [-0.05, 0) is 23.6 Å². The van der Waals surface area contributed by atoms with E-state index in [4.69, 9.17) is 4.42 Å². The molecule has 0 saturated carbocycles. The van der Waals surface area contributed by atoms with E-state index in [0.29, 0.717) is 16.7 Å². The van der Waals surface area contributed by atoms with Crippen LogP contribution in [0.2, 0.25) is 0 Å². The van der Waals surface area contributed by atoms with Gasteiger partial charge in [0.05, 0.1) is 6.07 Å². The van der Waals surface area contributed by atoms with Crippen molar-refractivity contribution in [2.45, 2.75) is 5.16 Å². The molecule has 0 saturated heterocycles. The zero-order valence-electron chi connectivity index (χ0n) is 9.91. The molecule has 100 valence electrons. The van der Waals surface area contributed by atoms with Gasteiger partial charge in [-0.1, -0.05) is 11.8 Å². The molecule has 0 aromatic carbocycles. The maximum atomic E-state index is 10.5. The fourth-order valence-electron chi connectivity index (χ4n) is 1.46. The van der Waals surface area contributed by atoms with Crippen molar-refractivity contribution in [2.24, 2.45) is 0 Å². The number of nitrogens with zero attached hydrogens (tertiary/aromatic N) is 5. The molecule has 0 aliphatic heterocycles. The van der Waals surface area contributed by atoms with Crippen LogP contribution in [0.5, 0.6) is 0 Å². The van der Waals surface area contributed by atoms with Crippen molar-refractivity contribution in [3.63, 3.8) is 0 Å². The third-order valence-electron chi connectivity index (χ3n) is 2.30.